The third kappa shape index (κ3) is 4.38. The maximum Gasteiger partial charge on any atom is 0.262 e. The number of amides is 1. The van der Waals surface area contributed by atoms with Crippen molar-refractivity contribution in [3.63, 3.8) is 0 Å². The molecule has 0 aliphatic heterocycles. The minimum absolute atomic E-state index is 0.115. The van der Waals surface area contributed by atoms with E-state index in [1.807, 2.05) is 43.3 Å². The fraction of sp³-hybridized carbons (Fsp3) is 0.130. The molecule has 0 saturated heterocycles. The number of ether oxygens (including phenoxy) is 2. The molecule has 0 atom stereocenters. The van der Waals surface area contributed by atoms with Gasteiger partial charge in [0.25, 0.3) is 5.91 Å². The van der Waals surface area contributed by atoms with Crippen molar-refractivity contribution in [1.29, 1.82) is 0 Å². The average Bonchev–Trinajstić information content (AvgIpc) is 3.16. The van der Waals surface area contributed by atoms with Crippen molar-refractivity contribution in [2.24, 2.45) is 0 Å². The number of anilines is 1. The van der Waals surface area contributed by atoms with Crippen molar-refractivity contribution >= 4 is 22.7 Å². The highest BCUT2D eigenvalue weighted by Gasteiger charge is 2.11. The number of aryl methyl sites for hydroxylation is 1. The second-order valence-electron chi connectivity index (χ2n) is 6.59. The van der Waals surface area contributed by atoms with Crippen LogP contribution in [0.2, 0.25) is 0 Å². The predicted molar refractivity (Wildman–Crippen MR) is 111 cm³/mol. The summed E-state index contributed by atoms with van der Waals surface area (Å²) in [5.74, 6) is 1.51. The first kappa shape index (κ1) is 18.6. The minimum atomic E-state index is -0.273. The Bertz CT molecular complexity index is 1170. The van der Waals surface area contributed by atoms with Crippen molar-refractivity contribution < 1.29 is 18.7 Å². The zero-order valence-electron chi connectivity index (χ0n) is 16.1. The molecule has 0 unspecified atom stereocenters. The van der Waals surface area contributed by atoms with Gasteiger partial charge in [-0.15, -0.1) is 0 Å². The van der Waals surface area contributed by atoms with Crippen LogP contribution in [0.3, 0.4) is 0 Å². The van der Waals surface area contributed by atoms with Gasteiger partial charge >= 0.3 is 0 Å². The monoisotopic (exact) mass is 388 g/mol. The zero-order chi connectivity index (χ0) is 20.2. The Kier molecular flexibility index (Phi) is 5.16. The number of aromatic nitrogens is 1. The van der Waals surface area contributed by atoms with Crippen molar-refractivity contribution in [3.05, 3.63) is 72.3 Å². The standard InChI is InChI=1S/C23H20N2O4/c1-15-5-3-6-16(11-15)23-25-20-10-9-17(12-21(20)29-23)24-22(26)14-28-19-8-4-7-18(13-19)27-2/h3-13H,14H2,1-2H3,(H,24,26). The molecule has 3 aromatic carbocycles. The highest BCUT2D eigenvalue weighted by atomic mass is 16.5. The zero-order valence-corrected chi connectivity index (χ0v) is 16.1. The summed E-state index contributed by atoms with van der Waals surface area (Å²) in [7, 11) is 1.58. The number of oxazole rings is 1. The van der Waals surface area contributed by atoms with Crippen LogP contribution in [-0.2, 0) is 4.79 Å². The van der Waals surface area contributed by atoms with Crippen LogP contribution in [0.1, 0.15) is 5.56 Å². The van der Waals surface area contributed by atoms with Gasteiger partial charge in [0.15, 0.2) is 12.2 Å². The Morgan fingerprint density at radius 2 is 1.86 bits per heavy atom. The lowest BCUT2D eigenvalue weighted by Crippen LogP contribution is -2.20. The van der Waals surface area contributed by atoms with Gasteiger partial charge in [-0.25, -0.2) is 4.98 Å². The lowest BCUT2D eigenvalue weighted by atomic mass is 10.1. The van der Waals surface area contributed by atoms with Gasteiger partial charge in [-0.1, -0.05) is 23.8 Å². The van der Waals surface area contributed by atoms with Crippen molar-refractivity contribution in [2.45, 2.75) is 6.92 Å². The van der Waals surface area contributed by atoms with Crippen molar-refractivity contribution in [1.82, 2.24) is 4.98 Å². The third-order valence-corrected chi connectivity index (χ3v) is 4.35. The highest BCUT2D eigenvalue weighted by Crippen LogP contribution is 2.27. The average molecular weight is 388 g/mol. The Hall–Kier alpha value is -3.80. The number of methoxy groups -OCH3 is 1. The third-order valence-electron chi connectivity index (χ3n) is 4.35. The minimum Gasteiger partial charge on any atom is -0.497 e. The van der Waals surface area contributed by atoms with E-state index in [4.69, 9.17) is 13.9 Å². The smallest absolute Gasteiger partial charge is 0.262 e. The first-order valence-electron chi connectivity index (χ1n) is 9.15. The summed E-state index contributed by atoms with van der Waals surface area (Å²) >= 11 is 0. The summed E-state index contributed by atoms with van der Waals surface area (Å²) < 4.78 is 16.5. The normalized spacial score (nSPS) is 10.7. The lowest BCUT2D eigenvalue weighted by Gasteiger charge is -2.08. The summed E-state index contributed by atoms with van der Waals surface area (Å²) in [6, 6.07) is 20.4. The molecule has 0 spiro atoms. The van der Waals surface area contributed by atoms with Crippen molar-refractivity contribution in [2.75, 3.05) is 19.0 Å². The van der Waals surface area contributed by atoms with Gasteiger partial charge in [0.05, 0.1) is 7.11 Å². The first-order chi connectivity index (χ1) is 14.1. The number of carbonyl (C=O) groups excluding carboxylic acids is 1. The maximum atomic E-state index is 12.2. The maximum absolute atomic E-state index is 12.2. The molecule has 1 N–H and O–H groups in total. The number of hydrogen-bond acceptors (Lipinski definition) is 5. The number of fused-ring (bicyclic) bond motifs is 1. The van der Waals surface area contributed by atoms with Gasteiger partial charge in [0, 0.05) is 23.4 Å². The fourth-order valence-electron chi connectivity index (χ4n) is 2.94. The Balaban J connectivity index is 1.44. The highest BCUT2D eigenvalue weighted by molar-refractivity contribution is 5.93. The quantitative estimate of drug-likeness (QED) is 0.512. The molecule has 4 aromatic rings. The molecule has 1 aromatic heterocycles. The van der Waals surface area contributed by atoms with Crippen LogP contribution in [0.4, 0.5) is 5.69 Å². The van der Waals surface area contributed by atoms with E-state index >= 15 is 0 Å². The Morgan fingerprint density at radius 3 is 2.69 bits per heavy atom. The van der Waals surface area contributed by atoms with Crippen LogP contribution in [0.15, 0.2) is 71.1 Å². The molecular formula is C23H20N2O4. The molecule has 0 aliphatic rings. The van der Waals surface area contributed by atoms with E-state index in [1.54, 1.807) is 37.4 Å². The number of nitrogens with one attached hydrogen (secondary N) is 1. The van der Waals surface area contributed by atoms with Gasteiger partial charge < -0.3 is 19.2 Å². The molecular weight excluding hydrogens is 368 g/mol. The summed E-state index contributed by atoms with van der Waals surface area (Å²) in [4.78, 5) is 16.7. The summed E-state index contributed by atoms with van der Waals surface area (Å²) in [6.07, 6.45) is 0. The topological polar surface area (TPSA) is 73.6 Å². The predicted octanol–water partition coefficient (Wildman–Crippen LogP) is 4.83. The van der Waals surface area contributed by atoms with Crippen LogP contribution in [-0.4, -0.2) is 24.6 Å². The fourth-order valence-corrected chi connectivity index (χ4v) is 2.94. The number of nitrogens with zero attached hydrogens (tertiary/aromatic N) is 1. The van der Waals surface area contributed by atoms with E-state index in [1.165, 1.54) is 0 Å². The SMILES string of the molecule is COc1cccc(OCC(=O)Nc2ccc3nc(-c4cccc(C)c4)oc3c2)c1. The molecule has 6 heteroatoms. The molecule has 0 radical (unpaired) electrons. The molecule has 0 saturated carbocycles. The Morgan fingerprint density at radius 1 is 1.03 bits per heavy atom. The van der Waals surface area contributed by atoms with Gasteiger partial charge in [-0.05, 0) is 43.3 Å². The van der Waals surface area contributed by atoms with E-state index in [9.17, 15) is 4.79 Å². The van der Waals surface area contributed by atoms with Gasteiger partial charge in [0.2, 0.25) is 5.89 Å². The van der Waals surface area contributed by atoms with Gasteiger partial charge in [-0.2, -0.15) is 0 Å². The molecule has 0 fully saturated rings. The summed E-state index contributed by atoms with van der Waals surface area (Å²) in [6.45, 7) is 1.91. The van der Waals surface area contributed by atoms with Crippen LogP contribution >= 0.6 is 0 Å². The van der Waals surface area contributed by atoms with Crippen LogP contribution in [0.25, 0.3) is 22.6 Å². The number of rotatable bonds is 6. The summed E-state index contributed by atoms with van der Waals surface area (Å²) in [5, 5.41) is 2.81. The molecule has 4 rings (SSSR count). The number of hydrogen-bond donors (Lipinski definition) is 1. The van der Waals surface area contributed by atoms with Crippen LogP contribution < -0.4 is 14.8 Å². The van der Waals surface area contributed by atoms with E-state index < -0.39 is 0 Å². The second-order valence-corrected chi connectivity index (χ2v) is 6.59. The van der Waals surface area contributed by atoms with E-state index in [2.05, 4.69) is 10.3 Å². The second kappa shape index (κ2) is 8.06. The Labute approximate surface area is 168 Å². The van der Waals surface area contributed by atoms with Gasteiger partial charge in [0.1, 0.15) is 17.0 Å². The number of carbonyl (C=O) groups is 1. The number of benzene rings is 3. The largest absolute Gasteiger partial charge is 0.497 e. The van der Waals surface area contributed by atoms with Gasteiger partial charge in [-0.3, -0.25) is 4.79 Å². The molecule has 0 bridgehead atoms. The lowest BCUT2D eigenvalue weighted by molar-refractivity contribution is -0.118. The van der Waals surface area contributed by atoms with Crippen molar-refractivity contribution in [3.8, 4) is 23.0 Å². The molecule has 146 valence electrons. The first-order valence-corrected chi connectivity index (χ1v) is 9.15. The van der Waals surface area contributed by atoms with E-state index in [0.29, 0.717) is 28.7 Å². The van der Waals surface area contributed by atoms with E-state index in [-0.39, 0.29) is 12.5 Å². The van der Waals surface area contributed by atoms with Crippen LogP contribution in [0, 0.1) is 6.92 Å². The molecule has 0 aliphatic carbocycles. The summed E-state index contributed by atoms with van der Waals surface area (Å²) in [5.41, 5.74) is 4.00. The van der Waals surface area contributed by atoms with Crippen LogP contribution in [0.5, 0.6) is 11.5 Å². The molecule has 29 heavy (non-hydrogen) atoms. The molecule has 1 amide bonds. The van der Waals surface area contributed by atoms with E-state index in [0.717, 1.165) is 16.6 Å². The molecule has 6 nitrogen and oxygen atoms in total. The molecule has 1 heterocycles.